The summed E-state index contributed by atoms with van der Waals surface area (Å²) in [6, 6.07) is 8.77. The molecule has 1 atom stereocenters. The van der Waals surface area contributed by atoms with Crippen molar-refractivity contribution in [1.29, 1.82) is 0 Å². The minimum absolute atomic E-state index is 0. The van der Waals surface area contributed by atoms with Crippen LogP contribution in [0.2, 0.25) is 0 Å². The summed E-state index contributed by atoms with van der Waals surface area (Å²) < 4.78 is 5.46. The Bertz CT molecular complexity index is 863. The van der Waals surface area contributed by atoms with Crippen LogP contribution in [0.4, 0.5) is 0 Å². The molecule has 0 bridgehead atoms. The van der Waals surface area contributed by atoms with Crippen molar-refractivity contribution < 1.29 is 4.52 Å². The Morgan fingerprint density at radius 3 is 2.81 bits per heavy atom. The van der Waals surface area contributed by atoms with Crippen molar-refractivity contribution in [1.82, 2.24) is 25.3 Å². The summed E-state index contributed by atoms with van der Waals surface area (Å²) in [6.07, 6.45) is 1.62. The number of nitrogens with zero attached hydrogens (tertiary/aromatic N) is 4. The van der Waals surface area contributed by atoms with E-state index in [1.165, 1.54) is 5.56 Å². The Kier molecular flexibility index (Phi) is 6.59. The monoisotopic (exact) mass is 405 g/mol. The van der Waals surface area contributed by atoms with Gasteiger partial charge in [0.15, 0.2) is 5.82 Å². The molecule has 1 unspecified atom stereocenters. The van der Waals surface area contributed by atoms with Crippen LogP contribution in [-0.4, -0.2) is 46.7 Å². The molecule has 1 fully saturated rings. The van der Waals surface area contributed by atoms with E-state index in [1.807, 2.05) is 0 Å². The number of aromatic nitrogens is 3. The van der Waals surface area contributed by atoms with E-state index in [1.54, 1.807) is 11.3 Å². The quantitative estimate of drug-likeness (QED) is 0.702. The Hall–Kier alpha value is -1.80. The van der Waals surface area contributed by atoms with E-state index in [9.17, 15) is 0 Å². The molecule has 2 aromatic heterocycles. The molecular weight excluding hydrogens is 382 g/mol. The number of rotatable bonds is 5. The molecular formula is C19H24ClN5OS. The zero-order chi connectivity index (χ0) is 17.9. The Balaban J connectivity index is 0.00000210. The summed E-state index contributed by atoms with van der Waals surface area (Å²) >= 11 is 1.65. The van der Waals surface area contributed by atoms with Gasteiger partial charge in [-0.1, -0.05) is 36.3 Å². The normalized spacial score (nSPS) is 17.6. The average Bonchev–Trinajstić information content (AvgIpc) is 3.32. The number of benzene rings is 1. The van der Waals surface area contributed by atoms with Crippen molar-refractivity contribution >= 4 is 23.7 Å². The third-order valence-corrected chi connectivity index (χ3v) is 5.73. The fourth-order valence-electron chi connectivity index (χ4n) is 3.13. The van der Waals surface area contributed by atoms with Crippen molar-refractivity contribution in [3.05, 3.63) is 52.6 Å². The van der Waals surface area contributed by atoms with E-state index >= 15 is 0 Å². The average molecular weight is 406 g/mol. The van der Waals surface area contributed by atoms with Gasteiger partial charge in [0.1, 0.15) is 5.01 Å². The lowest BCUT2D eigenvalue weighted by molar-refractivity contribution is 0.190. The highest BCUT2D eigenvalue weighted by atomic mass is 35.5. The van der Waals surface area contributed by atoms with Gasteiger partial charge >= 0.3 is 0 Å². The first kappa shape index (κ1) is 19.9. The van der Waals surface area contributed by atoms with Crippen LogP contribution in [0.15, 0.2) is 34.2 Å². The van der Waals surface area contributed by atoms with Crippen LogP contribution in [-0.2, 0) is 12.8 Å². The maximum atomic E-state index is 5.46. The van der Waals surface area contributed by atoms with E-state index in [0.29, 0.717) is 12.3 Å². The van der Waals surface area contributed by atoms with Gasteiger partial charge in [0, 0.05) is 30.6 Å². The first-order chi connectivity index (χ1) is 12.7. The molecule has 0 aliphatic carbocycles. The van der Waals surface area contributed by atoms with Crippen LogP contribution in [0.3, 0.4) is 0 Å². The lowest BCUT2D eigenvalue weighted by Gasteiger charge is -2.30. The smallest absolute Gasteiger partial charge is 0.232 e. The molecule has 144 valence electrons. The van der Waals surface area contributed by atoms with Crippen LogP contribution < -0.4 is 5.32 Å². The van der Waals surface area contributed by atoms with Crippen LogP contribution in [0.1, 0.15) is 35.9 Å². The maximum Gasteiger partial charge on any atom is 0.232 e. The van der Waals surface area contributed by atoms with Gasteiger partial charge in [-0.15, -0.1) is 23.7 Å². The number of likely N-dealkylation sites (N-methyl/N-ethyl adjacent to an activating group) is 1. The molecule has 6 nitrogen and oxygen atoms in total. The van der Waals surface area contributed by atoms with Gasteiger partial charge in [-0.25, -0.2) is 4.98 Å². The summed E-state index contributed by atoms with van der Waals surface area (Å²) in [7, 11) is 2.10. The van der Waals surface area contributed by atoms with Crippen molar-refractivity contribution in [2.24, 2.45) is 0 Å². The minimum Gasteiger partial charge on any atom is -0.339 e. The first-order valence-electron chi connectivity index (χ1n) is 9.00. The molecule has 1 N–H and O–H groups in total. The number of piperazine rings is 1. The number of aryl methyl sites for hydroxylation is 1. The largest absolute Gasteiger partial charge is 0.339 e. The molecule has 3 aromatic rings. The van der Waals surface area contributed by atoms with Crippen molar-refractivity contribution in [2.75, 3.05) is 26.7 Å². The molecule has 1 aromatic carbocycles. The fraction of sp³-hybridized carbons (Fsp3) is 0.421. The summed E-state index contributed by atoms with van der Waals surface area (Å²) in [5.41, 5.74) is 3.46. The van der Waals surface area contributed by atoms with Crippen LogP contribution >= 0.6 is 23.7 Å². The first-order valence-corrected chi connectivity index (χ1v) is 9.88. The van der Waals surface area contributed by atoms with Gasteiger partial charge in [-0.2, -0.15) is 4.98 Å². The molecule has 0 spiro atoms. The van der Waals surface area contributed by atoms with Gasteiger partial charge in [0.05, 0.1) is 18.2 Å². The fourth-order valence-corrected chi connectivity index (χ4v) is 3.95. The molecule has 4 rings (SSSR count). The highest BCUT2D eigenvalue weighted by Crippen LogP contribution is 2.25. The van der Waals surface area contributed by atoms with Gasteiger partial charge in [0.25, 0.3) is 0 Å². The predicted octanol–water partition coefficient (Wildman–Crippen LogP) is 3.34. The SMILES string of the molecule is CCc1ccc(-c2nc(Cc3nc(C4CNCCN4C)no3)cs2)cc1.Cl. The summed E-state index contributed by atoms with van der Waals surface area (Å²) in [6.45, 7) is 5.00. The number of hydrogen-bond donors (Lipinski definition) is 1. The third-order valence-electron chi connectivity index (χ3n) is 4.79. The van der Waals surface area contributed by atoms with E-state index in [4.69, 9.17) is 9.51 Å². The molecule has 0 saturated carbocycles. The summed E-state index contributed by atoms with van der Waals surface area (Å²) in [5.74, 6) is 1.37. The Morgan fingerprint density at radius 2 is 2.07 bits per heavy atom. The van der Waals surface area contributed by atoms with Gasteiger partial charge in [-0.3, -0.25) is 4.90 Å². The second kappa shape index (κ2) is 8.93. The molecule has 0 radical (unpaired) electrons. The number of nitrogens with one attached hydrogen (secondary N) is 1. The zero-order valence-corrected chi connectivity index (χ0v) is 17.1. The molecule has 0 amide bonds. The van der Waals surface area contributed by atoms with E-state index in [2.05, 4.69) is 64.0 Å². The highest BCUT2D eigenvalue weighted by molar-refractivity contribution is 7.13. The molecule has 27 heavy (non-hydrogen) atoms. The minimum atomic E-state index is 0. The van der Waals surface area contributed by atoms with E-state index < -0.39 is 0 Å². The van der Waals surface area contributed by atoms with Crippen molar-refractivity contribution in [3.8, 4) is 10.6 Å². The lowest BCUT2D eigenvalue weighted by Crippen LogP contribution is -2.44. The van der Waals surface area contributed by atoms with Crippen LogP contribution in [0.25, 0.3) is 10.6 Å². The molecule has 1 aliphatic rings. The second-order valence-corrected chi connectivity index (χ2v) is 7.48. The van der Waals surface area contributed by atoms with E-state index in [-0.39, 0.29) is 18.4 Å². The second-order valence-electron chi connectivity index (χ2n) is 6.62. The Morgan fingerprint density at radius 1 is 1.26 bits per heavy atom. The third kappa shape index (κ3) is 4.55. The molecule has 3 heterocycles. The Labute approximate surface area is 169 Å². The molecule has 1 saturated heterocycles. The van der Waals surface area contributed by atoms with Gasteiger partial charge < -0.3 is 9.84 Å². The van der Waals surface area contributed by atoms with Crippen LogP contribution in [0, 0.1) is 0 Å². The highest BCUT2D eigenvalue weighted by Gasteiger charge is 2.25. The summed E-state index contributed by atoms with van der Waals surface area (Å²) in [5, 5.41) is 10.7. The summed E-state index contributed by atoms with van der Waals surface area (Å²) in [4.78, 5) is 11.6. The van der Waals surface area contributed by atoms with Crippen LogP contribution in [0.5, 0.6) is 0 Å². The predicted molar refractivity (Wildman–Crippen MR) is 110 cm³/mol. The number of halogens is 1. The van der Waals surface area contributed by atoms with E-state index in [0.717, 1.165) is 48.1 Å². The number of thiazole rings is 1. The number of hydrogen-bond acceptors (Lipinski definition) is 7. The van der Waals surface area contributed by atoms with Gasteiger partial charge in [-0.05, 0) is 19.0 Å². The molecule has 8 heteroatoms. The van der Waals surface area contributed by atoms with Crippen molar-refractivity contribution in [3.63, 3.8) is 0 Å². The zero-order valence-electron chi connectivity index (χ0n) is 15.5. The van der Waals surface area contributed by atoms with Crippen molar-refractivity contribution in [2.45, 2.75) is 25.8 Å². The maximum absolute atomic E-state index is 5.46. The lowest BCUT2D eigenvalue weighted by atomic mass is 10.1. The topological polar surface area (TPSA) is 67.1 Å². The molecule has 1 aliphatic heterocycles. The van der Waals surface area contributed by atoms with Gasteiger partial charge in [0.2, 0.25) is 5.89 Å². The standard InChI is InChI=1S/C19H23N5OS.ClH/c1-3-13-4-6-14(7-5-13)19-21-15(12-26-19)10-17-22-18(23-25-17)16-11-20-8-9-24(16)2;/h4-7,12,16,20H,3,8-11H2,1-2H3;1H.